The van der Waals surface area contributed by atoms with Crippen LogP contribution in [-0.2, 0) is 0 Å². The molecule has 3 nitrogen and oxygen atoms in total. The minimum Gasteiger partial charge on any atom is -0.451 e. The number of hydrogen-bond donors (Lipinski definition) is 1. The lowest BCUT2D eigenvalue weighted by Crippen LogP contribution is -2.24. The summed E-state index contributed by atoms with van der Waals surface area (Å²) in [7, 11) is 0. The van der Waals surface area contributed by atoms with E-state index in [2.05, 4.69) is 5.32 Å². The minimum absolute atomic E-state index is 0.188. The van der Waals surface area contributed by atoms with E-state index in [9.17, 15) is 4.79 Å². The van der Waals surface area contributed by atoms with Crippen LogP contribution < -0.4 is 5.32 Å². The van der Waals surface area contributed by atoms with Gasteiger partial charge >= 0.3 is 0 Å². The number of amides is 1. The van der Waals surface area contributed by atoms with Crippen LogP contribution in [0.5, 0.6) is 0 Å². The molecule has 1 amide bonds. The fourth-order valence-corrected chi connectivity index (χ4v) is 2.16. The standard InChI is InChI=1S/C14H11Cl2NO2/c15-8-1-4-11(16)10(7-8)12-5-6-13(19-12)14(18)17-9-2-3-9/h1,4-7,9H,2-3H2,(H,17,18). The van der Waals surface area contributed by atoms with Gasteiger partial charge in [-0.1, -0.05) is 23.2 Å². The zero-order chi connectivity index (χ0) is 13.4. The van der Waals surface area contributed by atoms with Crippen molar-refractivity contribution in [1.82, 2.24) is 5.32 Å². The number of furan rings is 1. The molecule has 1 fully saturated rings. The molecule has 2 aromatic rings. The third-order valence-electron chi connectivity index (χ3n) is 2.94. The van der Waals surface area contributed by atoms with Crippen molar-refractivity contribution in [2.24, 2.45) is 0 Å². The highest BCUT2D eigenvalue weighted by atomic mass is 35.5. The number of carbonyl (C=O) groups excluding carboxylic acids is 1. The fourth-order valence-electron chi connectivity index (χ4n) is 1.78. The lowest BCUT2D eigenvalue weighted by Gasteiger charge is -2.02. The Bertz CT molecular complexity index is 632. The molecule has 0 saturated heterocycles. The zero-order valence-corrected chi connectivity index (χ0v) is 11.5. The van der Waals surface area contributed by atoms with E-state index in [4.69, 9.17) is 27.6 Å². The van der Waals surface area contributed by atoms with Crippen LogP contribution in [0.4, 0.5) is 0 Å². The topological polar surface area (TPSA) is 42.2 Å². The molecule has 0 bridgehead atoms. The van der Waals surface area contributed by atoms with Gasteiger partial charge in [-0.15, -0.1) is 0 Å². The average molecular weight is 296 g/mol. The smallest absolute Gasteiger partial charge is 0.287 e. The summed E-state index contributed by atoms with van der Waals surface area (Å²) in [5, 5.41) is 3.97. The van der Waals surface area contributed by atoms with Gasteiger partial charge in [0.25, 0.3) is 5.91 Å². The first-order valence-corrected chi connectivity index (χ1v) is 6.75. The average Bonchev–Trinajstić information content (AvgIpc) is 3.06. The molecular formula is C14H11Cl2NO2. The Morgan fingerprint density at radius 3 is 2.74 bits per heavy atom. The maximum absolute atomic E-state index is 11.8. The van der Waals surface area contributed by atoms with E-state index in [0.717, 1.165) is 12.8 Å². The first-order valence-electron chi connectivity index (χ1n) is 5.99. The molecule has 1 aliphatic rings. The first-order chi connectivity index (χ1) is 9.13. The summed E-state index contributed by atoms with van der Waals surface area (Å²) in [4.78, 5) is 11.8. The molecule has 98 valence electrons. The number of benzene rings is 1. The van der Waals surface area contributed by atoms with E-state index < -0.39 is 0 Å². The molecular weight excluding hydrogens is 285 g/mol. The van der Waals surface area contributed by atoms with Crippen molar-refractivity contribution in [3.05, 3.63) is 46.1 Å². The Hall–Kier alpha value is -1.45. The van der Waals surface area contributed by atoms with Crippen LogP contribution >= 0.6 is 23.2 Å². The van der Waals surface area contributed by atoms with Gasteiger partial charge in [-0.25, -0.2) is 0 Å². The molecule has 1 N–H and O–H groups in total. The molecule has 0 aliphatic heterocycles. The predicted octanol–water partition coefficient (Wildman–Crippen LogP) is 4.15. The van der Waals surface area contributed by atoms with Gasteiger partial charge in [-0.05, 0) is 43.2 Å². The van der Waals surface area contributed by atoms with Crippen LogP contribution in [0, 0.1) is 0 Å². The predicted molar refractivity (Wildman–Crippen MR) is 74.7 cm³/mol. The summed E-state index contributed by atoms with van der Waals surface area (Å²) >= 11 is 12.0. The molecule has 1 heterocycles. The second-order valence-electron chi connectivity index (χ2n) is 4.54. The number of carbonyl (C=O) groups is 1. The maximum atomic E-state index is 11.8. The molecule has 1 aromatic heterocycles. The lowest BCUT2D eigenvalue weighted by molar-refractivity contribution is 0.0924. The molecule has 1 saturated carbocycles. The first kappa shape index (κ1) is 12.6. The highest BCUT2D eigenvalue weighted by molar-refractivity contribution is 6.35. The Labute approximate surface area is 120 Å². The summed E-state index contributed by atoms with van der Waals surface area (Å²) in [6, 6.07) is 8.79. The third-order valence-corrected chi connectivity index (χ3v) is 3.50. The molecule has 1 aliphatic carbocycles. The second-order valence-corrected chi connectivity index (χ2v) is 5.38. The quantitative estimate of drug-likeness (QED) is 0.924. The minimum atomic E-state index is -0.188. The molecule has 0 radical (unpaired) electrons. The van der Waals surface area contributed by atoms with Crippen LogP contribution in [0.25, 0.3) is 11.3 Å². The zero-order valence-electron chi connectivity index (χ0n) is 9.95. The summed E-state index contributed by atoms with van der Waals surface area (Å²) in [6.07, 6.45) is 2.08. The summed E-state index contributed by atoms with van der Waals surface area (Å²) in [5.41, 5.74) is 0.680. The Morgan fingerprint density at radius 2 is 2.00 bits per heavy atom. The van der Waals surface area contributed by atoms with Crippen LogP contribution in [-0.4, -0.2) is 11.9 Å². The molecule has 1 aromatic carbocycles. The number of halogens is 2. The van der Waals surface area contributed by atoms with E-state index in [1.54, 1.807) is 30.3 Å². The van der Waals surface area contributed by atoms with Gasteiger partial charge in [-0.3, -0.25) is 4.79 Å². The molecule has 0 unspecified atom stereocenters. The van der Waals surface area contributed by atoms with Gasteiger partial charge < -0.3 is 9.73 Å². The Kier molecular flexibility index (Phi) is 3.25. The molecule has 0 spiro atoms. The van der Waals surface area contributed by atoms with Crippen molar-refractivity contribution in [1.29, 1.82) is 0 Å². The van der Waals surface area contributed by atoms with Gasteiger partial charge in [0.05, 0.1) is 5.02 Å². The monoisotopic (exact) mass is 295 g/mol. The van der Waals surface area contributed by atoms with Crippen molar-refractivity contribution in [3.63, 3.8) is 0 Å². The van der Waals surface area contributed by atoms with Gasteiger partial charge in [-0.2, -0.15) is 0 Å². The van der Waals surface area contributed by atoms with Crippen molar-refractivity contribution >= 4 is 29.1 Å². The lowest BCUT2D eigenvalue weighted by atomic mass is 10.2. The van der Waals surface area contributed by atoms with E-state index in [0.29, 0.717) is 27.4 Å². The SMILES string of the molecule is O=C(NC1CC1)c1ccc(-c2cc(Cl)ccc2Cl)o1. The highest BCUT2D eigenvalue weighted by Crippen LogP contribution is 2.32. The van der Waals surface area contributed by atoms with Gasteiger partial charge in [0, 0.05) is 16.6 Å². The molecule has 3 rings (SSSR count). The van der Waals surface area contributed by atoms with Gasteiger partial charge in [0.1, 0.15) is 5.76 Å². The van der Waals surface area contributed by atoms with Crippen molar-refractivity contribution in [2.75, 3.05) is 0 Å². The molecule has 19 heavy (non-hydrogen) atoms. The third kappa shape index (κ3) is 2.77. The van der Waals surface area contributed by atoms with E-state index in [-0.39, 0.29) is 11.7 Å². The summed E-state index contributed by atoms with van der Waals surface area (Å²) < 4.78 is 5.54. The van der Waals surface area contributed by atoms with Crippen molar-refractivity contribution < 1.29 is 9.21 Å². The van der Waals surface area contributed by atoms with Gasteiger partial charge in [0.15, 0.2) is 5.76 Å². The van der Waals surface area contributed by atoms with Crippen molar-refractivity contribution in [3.8, 4) is 11.3 Å². The second kappa shape index (κ2) is 4.91. The van der Waals surface area contributed by atoms with Crippen LogP contribution in [0.15, 0.2) is 34.7 Å². The van der Waals surface area contributed by atoms with Crippen LogP contribution in [0.3, 0.4) is 0 Å². The van der Waals surface area contributed by atoms with Gasteiger partial charge in [0.2, 0.25) is 0 Å². The van der Waals surface area contributed by atoms with E-state index in [1.165, 1.54) is 0 Å². The van der Waals surface area contributed by atoms with E-state index >= 15 is 0 Å². The van der Waals surface area contributed by atoms with Crippen LogP contribution in [0.1, 0.15) is 23.4 Å². The summed E-state index contributed by atoms with van der Waals surface area (Å²) in [5.74, 6) is 0.637. The maximum Gasteiger partial charge on any atom is 0.287 e. The van der Waals surface area contributed by atoms with Crippen molar-refractivity contribution in [2.45, 2.75) is 18.9 Å². The van der Waals surface area contributed by atoms with Crippen LogP contribution in [0.2, 0.25) is 10.0 Å². The number of nitrogens with one attached hydrogen (secondary N) is 1. The normalized spacial score (nSPS) is 14.4. The highest BCUT2D eigenvalue weighted by Gasteiger charge is 2.25. The summed E-state index contributed by atoms with van der Waals surface area (Å²) in [6.45, 7) is 0. The molecule has 0 atom stereocenters. The largest absolute Gasteiger partial charge is 0.451 e. The number of rotatable bonds is 3. The number of hydrogen-bond acceptors (Lipinski definition) is 2. The Morgan fingerprint density at radius 1 is 1.21 bits per heavy atom. The molecule has 5 heteroatoms. The fraction of sp³-hybridized carbons (Fsp3) is 0.214. The van der Waals surface area contributed by atoms with E-state index in [1.807, 2.05) is 0 Å². The Balaban J connectivity index is 1.87.